The zero-order chi connectivity index (χ0) is 6.15. The van der Waals surface area contributed by atoms with Gasteiger partial charge in [-0.3, -0.25) is 0 Å². The molecule has 0 unspecified atom stereocenters. The summed E-state index contributed by atoms with van der Waals surface area (Å²) >= 11 is 2.03. The first kappa shape index (κ1) is 5.80. The number of anilines is 1. The fourth-order valence-corrected chi connectivity index (χ4v) is 0.785. The number of nitrogens with zero attached hydrogens (tertiary/aromatic N) is 3. The van der Waals surface area contributed by atoms with E-state index in [-0.39, 0.29) is 0 Å². The Kier molecular flexibility index (Phi) is 1.37. The molecule has 1 heterocycles. The Morgan fingerprint density at radius 3 is 2.50 bits per heavy atom. The van der Waals surface area contributed by atoms with Gasteiger partial charge in [0, 0.05) is 7.05 Å². The molecule has 1 rings (SSSR count). The Morgan fingerprint density at radius 2 is 2.38 bits per heavy atom. The molecule has 0 aromatic carbocycles. The monoisotopic (exact) mass is 224 g/mol. The number of nitrogen functional groups attached to an aromatic ring is 1. The molecule has 2 N–H and O–H groups in total. The number of hydrogen-bond donors (Lipinski definition) is 1. The lowest BCUT2D eigenvalue weighted by Gasteiger charge is -1.87. The molecule has 0 aliphatic carbocycles. The fourth-order valence-electron chi connectivity index (χ4n) is 0.339. The Bertz CT molecular complexity index is 174. The maximum atomic E-state index is 5.43. The summed E-state index contributed by atoms with van der Waals surface area (Å²) in [5.41, 5.74) is 5.43. The van der Waals surface area contributed by atoms with Gasteiger partial charge in [-0.1, -0.05) is 5.21 Å². The summed E-state index contributed by atoms with van der Waals surface area (Å²) in [6.45, 7) is 0. The maximum absolute atomic E-state index is 5.43. The first-order valence-electron chi connectivity index (χ1n) is 2.02. The molecule has 0 bridgehead atoms. The predicted octanol–water partition coefficient (Wildman–Crippen LogP) is 0.00190. The third-order valence-corrected chi connectivity index (χ3v) is 1.60. The zero-order valence-electron chi connectivity index (χ0n) is 4.30. The van der Waals surface area contributed by atoms with Crippen LogP contribution in [0.2, 0.25) is 0 Å². The van der Waals surface area contributed by atoms with Crippen LogP contribution < -0.4 is 5.73 Å². The molecule has 0 aliphatic rings. The molecule has 5 heteroatoms. The fraction of sp³-hybridized carbons (Fsp3) is 0.333. The zero-order valence-corrected chi connectivity index (χ0v) is 6.45. The van der Waals surface area contributed by atoms with Crippen LogP contribution in [0.3, 0.4) is 0 Å². The van der Waals surface area contributed by atoms with Gasteiger partial charge in [-0.25, -0.2) is 4.68 Å². The van der Waals surface area contributed by atoms with Crippen molar-refractivity contribution in [2.75, 3.05) is 5.73 Å². The minimum atomic E-state index is 0.616. The summed E-state index contributed by atoms with van der Waals surface area (Å²) < 4.78 is 2.28. The highest BCUT2D eigenvalue weighted by Crippen LogP contribution is 2.06. The van der Waals surface area contributed by atoms with Crippen molar-refractivity contribution in [3.63, 3.8) is 0 Å². The highest BCUT2D eigenvalue weighted by molar-refractivity contribution is 14.1. The van der Waals surface area contributed by atoms with Crippen LogP contribution in [0.5, 0.6) is 0 Å². The molecule has 44 valence electrons. The quantitative estimate of drug-likeness (QED) is 0.631. The average molecular weight is 224 g/mol. The van der Waals surface area contributed by atoms with Crippen LogP contribution in [0.1, 0.15) is 0 Å². The molecule has 0 saturated carbocycles. The van der Waals surface area contributed by atoms with Gasteiger partial charge in [0.2, 0.25) is 0 Å². The van der Waals surface area contributed by atoms with Crippen molar-refractivity contribution in [3.05, 3.63) is 3.70 Å². The van der Waals surface area contributed by atoms with Gasteiger partial charge in [0.15, 0.2) is 9.52 Å². The summed E-state index contributed by atoms with van der Waals surface area (Å²) in [6, 6.07) is 0. The van der Waals surface area contributed by atoms with E-state index in [4.69, 9.17) is 5.73 Å². The summed E-state index contributed by atoms with van der Waals surface area (Å²) in [4.78, 5) is 0. The molecule has 8 heavy (non-hydrogen) atoms. The van der Waals surface area contributed by atoms with E-state index in [0.29, 0.717) is 5.82 Å². The lowest BCUT2D eigenvalue weighted by atomic mass is 10.8. The van der Waals surface area contributed by atoms with E-state index in [2.05, 4.69) is 10.3 Å². The van der Waals surface area contributed by atoms with E-state index in [1.165, 1.54) is 4.68 Å². The van der Waals surface area contributed by atoms with Crippen molar-refractivity contribution in [3.8, 4) is 0 Å². The van der Waals surface area contributed by atoms with E-state index in [0.717, 1.165) is 3.70 Å². The Balaban J connectivity index is 3.19. The summed E-state index contributed by atoms with van der Waals surface area (Å²) in [6.07, 6.45) is 0. The third kappa shape index (κ3) is 0.770. The molecular formula is C3H5IN4. The number of aryl methyl sites for hydroxylation is 1. The molecule has 1 aromatic heterocycles. The van der Waals surface area contributed by atoms with E-state index in [1.54, 1.807) is 7.05 Å². The number of aromatic nitrogens is 3. The van der Waals surface area contributed by atoms with Crippen LogP contribution in [0, 0.1) is 3.70 Å². The van der Waals surface area contributed by atoms with Crippen LogP contribution in [-0.4, -0.2) is 15.0 Å². The van der Waals surface area contributed by atoms with Crippen LogP contribution in [0.25, 0.3) is 0 Å². The molecule has 0 saturated heterocycles. The van der Waals surface area contributed by atoms with Gasteiger partial charge in [-0.15, -0.1) is 5.10 Å². The largest absolute Gasteiger partial charge is 0.382 e. The summed E-state index contributed by atoms with van der Waals surface area (Å²) in [5.74, 6) is 0.616. The van der Waals surface area contributed by atoms with E-state index in [9.17, 15) is 0 Å². The lowest BCUT2D eigenvalue weighted by Crippen LogP contribution is -1.97. The van der Waals surface area contributed by atoms with Crippen LogP contribution >= 0.6 is 22.6 Å². The molecular weight excluding hydrogens is 219 g/mol. The minimum absolute atomic E-state index is 0.616. The Morgan fingerprint density at radius 1 is 1.75 bits per heavy atom. The Hall–Kier alpha value is -0.330. The van der Waals surface area contributed by atoms with Crippen molar-refractivity contribution < 1.29 is 0 Å². The second-order valence-corrected chi connectivity index (χ2v) is 2.41. The SMILES string of the molecule is Cn1nnc(I)c1N. The highest BCUT2D eigenvalue weighted by atomic mass is 127. The van der Waals surface area contributed by atoms with Crippen LogP contribution in [-0.2, 0) is 7.05 Å². The van der Waals surface area contributed by atoms with Crippen molar-refractivity contribution >= 4 is 28.4 Å². The van der Waals surface area contributed by atoms with Crippen molar-refractivity contribution in [1.29, 1.82) is 0 Å². The van der Waals surface area contributed by atoms with Crippen LogP contribution in [0.15, 0.2) is 0 Å². The first-order chi connectivity index (χ1) is 3.72. The molecule has 0 radical (unpaired) electrons. The normalized spacial score (nSPS) is 9.75. The molecule has 0 aliphatic heterocycles. The van der Waals surface area contributed by atoms with Gasteiger partial charge in [0.25, 0.3) is 0 Å². The molecule has 0 amide bonds. The maximum Gasteiger partial charge on any atom is 0.167 e. The molecule has 1 aromatic rings. The second kappa shape index (κ2) is 1.88. The predicted molar refractivity (Wildman–Crippen MR) is 38.1 cm³/mol. The topological polar surface area (TPSA) is 56.7 Å². The van der Waals surface area contributed by atoms with Crippen molar-refractivity contribution in [2.45, 2.75) is 0 Å². The number of halogens is 1. The van der Waals surface area contributed by atoms with Gasteiger partial charge < -0.3 is 5.73 Å². The molecule has 4 nitrogen and oxygen atoms in total. The molecule has 0 spiro atoms. The van der Waals surface area contributed by atoms with Gasteiger partial charge in [-0.2, -0.15) is 0 Å². The van der Waals surface area contributed by atoms with Gasteiger partial charge >= 0.3 is 0 Å². The third-order valence-electron chi connectivity index (χ3n) is 0.827. The van der Waals surface area contributed by atoms with Crippen molar-refractivity contribution in [2.24, 2.45) is 7.05 Å². The molecule has 0 fully saturated rings. The standard InChI is InChI=1S/C3H5IN4/c1-8-3(5)2(4)6-7-8/h5H2,1H3. The lowest BCUT2D eigenvalue weighted by molar-refractivity contribution is 0.722. The first-order valence-corrected chi connectivity index (χ1v) is 3.10. The Labute approximate surface area is 60.2 Å². The van der Waals surface area contributed by atoms with E-state index >= 15 is 0 Å². The number of hydrogen-bond acceptors (Lipinski definition) is 3. The summed E-state index contributed by atoms with van der Waals surface area (Å²) in [7, 11) is 1.75. The molecule has 0 atom stereocenters. The summed E-state index contributed by atoms with van der Waals surface area (Å²) in [5, 5.41) is 7.34. The van der Waals surface area contributed by atoms with Gasteiger partial charge in [-0.05, 0) is 22.6 Å². The number of nitrogens with two attached hydrogens (primary N) is 1. The van der Waals surface area contributed by atoms with Gasteiger partial charge in [0.05, 0.1) is 0 Å². The minimum Gasteiger partial charge on any atom is -0.382 e. The van der Waals surface area contributed by atoms with E-state index < -0.39 is 0 Å². The second-order valence-electron chi connectivity index (χ2n) is 1.39. The van der Waals surface area contributed by atoms with Crippen LogP contribution in [0.4, 0.5) is 5.82 Å². The van der Waals surface area contributed by atoms with Gasteiger partial charge in [0.1, 0.15) is 0 Å². The van der Waals surface area contributed by atoms with E-state index in [1.807, 2.05) is 22.6 Å². The van der Waals surface area contributed by atoms with Crippen molar-refractivity contribution in [1.82, 2.24) is 15.0 Å². The highest BCUT2D eigenvalue weighted by Gasteiger charge is 1.99. The number of rotatable bonds is 0. The average Bonchev–Trinajstić information content (AvgIpc) is 1.98. The smallest absolute Gasteiger partial charge is 0.167 e.